The van der Waals surface area contributed by atoms with Crippen molar-refractivity contribution in [3.8, 4) is 0 Å². The van der Waals surface area contributed by atoms with Crippen molar-refractivity contribution in [1.29, 1.82) is 5.41 Å². The molecule has 2 atom stereocenters. The standard InChI is InChI=1S/C14H21ClN4/c1-9-7-19(8-13(9)18(2)3)12-6-10(15)4-5-11(12)14(16)17/h4-6,9,13H,7-8H2,1-3H3,(H3,16,17). The number of nitrogens with one attached hydrogen (secondary N) is 1. The van der Waals surface area contributed by atoms with Crippen LogP contribution < -0.4 is 10.6 Å². The van der Waals surface area contributed by atoms with E-state index in [0.29, 0.717) is 17.0 Å². The quantitative estimate of drug-likeness (QED) is 0.658. The zero-order valence-electron chi connectivity index (χ0n) is 11.7. The lowest BCUT2D eigenvalue weighted by Crippen LogP contribution is -2.34. The van der Waals surface area contributed by atoms with E-state index in [-0.39, 0.29) is 5.84 Å². The molecule has 1 aromatic rings. The minimum Gasteiger partial charge on any atom is -0.384 e. The fourth-order valence-electron chi connectivity index (χ4n) is 2.81. The van der Waals surface area contributed by atoms with Crippen molar-refractivity contribution in [2.45, 2.75) is 13.0 Å². The highest BCUT2D eigenvalue weighted by Crippen LogP contribution is 2.30. The number of nitrogens with two attached hydrogens (primary N) is 1. The molecule has 1 aliphatic rings. The Morgan fingerprint density at radius 2 is 2.11 bits per heavy atom. The van der Waals surface area contributed by atoms with Crippen LogP contribution in [0.5, 0.6) is 0 Å². The van der Waals surface area contributed by atoms with Gasteiger partial charge in [0, 0.05) is 35.4 Å². The van der Waals surface area contributed by atoms with Crippen LogP contribution in [0.1, 0.15) is 12.5 Å². The van der Waals surface area contributed by atoms with Gasteiger partial charge in [0.15, 0.2) is 0 Å². The molecule has 0 radical (unpaired) electrons. The smallest absolute Gasteiger partial charge is 0.124 e. The SMILES string of the molecule is CC1CN(c2cc(Cl)ccc2C(=N)N)CC1N(C)C. The largest absolute Gasteiger partial charge is 0.384 e. The molecule has 4 nitrogen and oxygen atoms in total. The highest BCUT2D eigenvalue weighted by molar-refractivity contribution is 6.31. The van der Waals surface area contributed by atoms with Crippen molar-refractivity contribution in [1.82, 2.24) is 4.90 Å². The molecule has 0 aromatic heterocycles. The molecule has 5 heteroatoms. The molecule has 1 heterocycles. The van der Waals surface area contributed by atoms with Crippen molar-refractivity contribution in [2.75, 3.05) is 32.1 Å². The molecule has 0 saturated carbocycles. The van der Waals surface area contributed by atoms with Gasteiger partial charge in [-0.2, -0.15) is 0 Å². The Morgan fingerprint density at radius 3 is 2.63 bits per heavy atom. The van der Waals surface area contributed by atoms with Crippen LogP contribution in [-0.2, 0) is 0 Å². The molecule has 0 spiro atoms. The number of nitrogens with zero attached hydrogens (tertiary/aromatic N) is 2. The Balaban J connectivity index is 2.33. The molecule has 3 N–H and O–H groups in total. The molecule has 0 bridgehead atoms. The van der Waals surface area contributed by atoms with E-state index in [1.807, 2.05) is 12.1 Å². The number of hydrogen-bond acceptors (Lipinski definition) is 3. The number of rotatable bonds is 3. The molecule has 104 valence electrons. The van der Waals surface area contributed by atoms with Crippen LogP contribution >= 0.6 is 11.6 Å². The number of benzene rings is 1. The minimum absolute atomic E-state index is 0.0904. The summed E-state index contributed by atoms with van der Waals surface area (Å²) in [7, 11) is 4.21. The average Bonchev–Trinajstić information content (AvgIpc) is 2.70. The van der Waals surface area contributed by atoms with E-state index in [1.54, 1.807) is 6.07 Å². The van der Waals surface area contributed by atoms with Crippen molar-refractivity contribution in [3.63, 3.8) is 0 Å². The summed E-state index contributed by atoms with van der Waals surface area (Å²) in [6.45, 7) is 4.15. The fourth-order valence-corrected chi connectivity index (χ4v) is 2.98. The maximum atomic E-state index is 7.69. The molecular weight excluding hydrogens is 260 g/mol. The Kier molecular flexibility index (Phi) is 4.02. The van der Waals surface area contributed by atoms with Crippen LogP contribution in [0.25, 0.3) is 0 Å². The van der Waals surface area contributed by atoms with Crippen molar-refractivity contribution in [2.24, 2.45) is 11.7 Å². The predicted molar refractivity (Wildman–Crippen MR) is 81.3 cm³/mol. The fraction of sp³-hybridized carbons (Fsp3) is 0.500. The normalized spacial score (nSPS) is 23.1. The summed E-state index contributed by atoms with van der Waals surface area (Å²) >= 11 is 6.09. The summed E-state index contributed by atoms with van der Waals surface area (Å²) < 4.78 is 0. The van der Waals surface area contributed by atoms with E-state index in [2.05, 4.69) is 30.8 Å². The van der Waals surface area contributed by atoms with Gasteiger partial charge in [0.25, 0.3) is 0 Å². The lowest BCUT2D eigenvalue weighted by atomic mass is 10.1. The van der Waals surface area contributed by atoms with E-state index in [9.17, 15) is 0 Å². The third-order valence-corrected chi connectivity index (χ3v) is 4.06. The summed E-state index contributed by atoms with van der Waals surface area (Å²) in [5.74, 6) is 0.668. The first-order valence-electron chi connectivity index (χ1n) is 6.45. The first kappa shape index (κ1) is 14.2. The third-order valence-electron chi connectivity index (χ3n) is 3.83. The lowest BCUT2D eigenvalue weighted by Gasteiger charge is -2.24. The molecule has 1 fully saturated rings. The van der Waals surface area contributed by atoms with Gasteiger partial charge in [-0.05, 0) is 38.2 Å². The minimum atomic E-state index is 0.0904. The van der Waals surface area contributed by atoms with Crippen LogP contribution in [0.2, 0.25) is 5.02 Å². The number of hydrogen-bond donors (Lipinski definition) is 2. The topological polar surface area (TPSA) is 56.4 Å². The highest BCUT2D eigenvalue weighted by atomic mass is 35.5. The maximum Gasteiger partial charge on any atom is 0.124 e. The van der Waals surface area contributed by atoms with Gasteiger partial charge in [0.05, 0.1) is 0 Å². The van der Waals surface area contributed by atoms with E-state index >= 15 is 0 Å². The Bertz CT molecular complexity index is 486. The van der Waals surface area contributed by atoms with Crippen molar-refractivity contribution < 1.29 is 0 Å². The highest BCUT2D eigenvalue weighted by Gasteiger charge is 2.32. The van der Waals surface area contributed by atoms with Crippen LogP contribution in [0.3, 0.4) is 0 Å². The molecule has 1 aliphatic heterocycles. The van der Waals surface area contributed by atoms with E-state index in [1.165, 1.54) is 0 Å². The number of halogens is 1. The zero-order valence-corrected chi connectivity index (χ0v) is 12.4. The van der Waals surface area contributed by atoms with Gasteiger partial charge in [-0.1, -0.05) is 18.5 Å². The van der Waals surface area contributed by atoms with Crippen LogP contribution in [-0.4, -0.2) is 44.0 Å². The van der Waals surface area contributed by atoms with Crippen molar-refractivity contribution >= 4 is 23.1 Å². The second-order valence-corrected chi connectivity index (χ2v) is 5.92. The van der Waals surface area contributed by atoms with Gasteiger partial charge in [-0.3, -0.25) is 5.41 Å². The molecule has 1 aromatic carbocycles. The molecule has 1 saturated heterocycles. The van der Waals surface area contributed by atoms with E-state index < -0.39 is 0 Å². The van der Waals surface area contributed by atoms with Gasteiger partial charge in [0.1, 0.15) is 5.84 Å². The van der Waals surface area contributed by atoms with Gasteiger partial charge < -0.3 is 15.5 Å². The Hall–Kier alpha value is -1.26. The lowest BCUT2D eigenvalue weighted by molar-refractivity contribution is 0.266. The summed E-state index contributed by atoms with van der Waals surface area (Å²) in [6, 6.07) is 6.03. The molecule has 0 amide bonds. The average molecular weight is 281 g/mol. The van der Waals surface area contributed by atoms with Gasteiger partial charge in [-0.15, -0.1) is 0 Å². The monoisotopic (exact) mass is 280 g/mol. The molecule has 2 unspecified atom stereocenters. The van der Waals surface area contributed by atoms with Crippen LogP contribution in [0.4, 0.5) is 5.69 Å². The van der Waals surface area contributed by atoms with E-state index in [0.717, 1.165) is 24.3 Å². The number of anilines is 1. The Morgan fingerprint density at radius 1 is 1.42 bits per heavy atom. The molecule has 2 rings (SSSR count). The number of amidine groups is 1. The molecular formula is C14H21ClN4. The summed E-state index contributed by atoms with van der Waals surface area (Å²) in [5, 5.41) is 8.37. The molecule has 19 heavy (non-hydrogen) atoms. The van der Waals surface area contributed by atoms with Crippen LogP contribution in [0.15, 0.2) is 18.2 Å². The first-order chi connectivity index (χ1) is 8.90. The second-order valence-electron chi connectivity index (χ2n) is 5.49. The maximum absolute atomic E-state index is 7.69. The first-order valence-corrected chi connectivity index (χ1v) is 6.83. The summed E-state index contributed by atoms with van der Waals surface area (Å²) in [4.78, 5) is 4.53. The predicted octanol–water partition coefficient (Wildman–Crippen LogP) is 2.01. The van der Waals surface area contributed by atoms with Gasteiger partial charge >= 0.3 is 0 Å². The van der Waals surface area contributed by atoms with Crippen LogP contribution in [0, 0.1) is 11.3 Å². The summed E-state index contributed by atoms with van der Waals surface area (Å²) in [6.07, 6.45) is 0. The van der Waals surface area contributed by atoms with E-state index in [4.69, 9.17) is 22.7 Å². The second kappa shape index (κ2) is 5.39. The van der Waals surface area contributed by atoms with Crippen molar-refractivity contribution in [3.05, 3.63) is 28.8 Å². The molecule has 0 aliphatic carbocycles. The summed E-state index contributed by atoms with van der Waals surface area (Å²) in [5.41, 5.74) is 7.39. The Labute approximate surface area is 119 Å². The van der Waals surface area contributed by atoms with Gasteiger partial charge in [-0.25, -0.2) is 0 Å². The number of likely N-dealkylation sites (N-methyl/N-ethyl adjacent to an activating group) is 1. The third kappa shape index (κ3) is 2.85. The van der Waals surface area contributed by atoms with Gasteiger partial charge in [0.2, 0.25) is 0 Å². The zero-order chi connectivity index (χ0) is 14.2. The number of nitrogen functional groups attached to an aromatic ring is 1.